The van der Waals surface area contributed by atoms with Crippen LogP contribution in [0.2, 0.25) is 0 Å². The van der Waals surface area contributed by atoms with Crippen LogP contribution in [0.4, 0.5) is 0 Å². The van der Waals surface area contributed by atoms with Gasteiger partial charge in [-0.15, -0.1) is 0 Å². The van der Waals surface area contributed by atoms with Crippen LogP contribution in [0.15, 0.2) is 71.7 Å². The summed E-state index contributed by atoms with van der Waals surface area (Å²) >= 11 is 0. The van der Waals surface area contributed by atoms with Gasteiger partial charge in [0.15, 0.2) is 0 Å². The summed E-state index contributed by atoms with van der Waals surface area (Å²) in [6, 6.07) is 22.2. The van der Waals surface area contributed by atoms with E-state index in [1.54, 1.807) is 0 Å². The zero-order valence-corrected chi connectivity index (χ0v) is 21.8. The molecule has 0 aliphatic rings. The molecule has 4 rings (SSSR count). The van der Waals surface area contributed by atoms with Gasteiger partial charge in [-0.1, -0.05) is 88.4 Å². The van der Waals surface area contributed by atoms with Gasteiger partial charge in [0.05, 0.1) is 11.2 Å². The highest BCUT2D eigenvalue weighted by Crippen LogP contribution is 2.33. The predicted octanol–water partition coefficient (Wildman–Crippen LogP) is 7.94. The average molecular weight is 451 g/mol. The van der Waals surface area contributed by atoms with Gasteiger partial charge in [0.1, 0.15) is 5.49 Å². The summed E-state index contributed by atoms with van der Waals surface area (Å²) in [5.74, 6) is 1.17. The van der Waals surface area contributed by atoms with Crippen LogP contribution in [0.1, 0.15) is 56.9 Å². The van der Waals surface area contributed by atoms with E-state index in [9.17, 15) is 0 Å². The molecule has 0 fully saturated rings. The van der Waals surface area contributed by atoms with Crippen molar-refractivity contribution in [1.29, 1.82) is 0 Å². The molecule has 34 heavy (non-hydrogen) atoms. The molecule has 1 heterocycles. The zero-order valence-electron chi connectivity index (χ0n) is 21.8. The lowest BCUT2D eigenvalue weighted by Gasteiger charge is -2.24. The van der Waals surface area contributed by atoms with Crippen molar-refractivity contribution in [2.24, 2.45) is 16.8 Å². The Bertz CT molecular complexity index is 1400. The number of para-hydroxylation sites is 1. The van der Waals surface area contributed by atoms with Crippen molar-refractivity contribution >= 4 is 27.4 Å². The Morgan fingerprint density at radius 3 is 2.00 bits per heavy atom. The number of aryl methyl sites for hydroxylation is 1. The summed E-state index contributed by atoms with van der Waals surface area (Å²) in [6.07, 6.45) is 4.40. The summed E-state index contributed by atoms with van der Waals surface area (Å²) in [5, 5.41) is 3.76. The molecule has 176 valence electrons. The average Bonchev–Trinajstić information content (AvgIpc) is 2.80. The second-order valence-corrected chi connectivity index (χ2v) is 10.2. The largest absolute Gasteiger partial charge is 0.294 e. The third-order valence-corrected chi connectivity index (χ3v) is 6.62. The number of nitrogens with zero attached hydrogens (tertiary/aromatic N) is 2. The van der Waals surface area contributed by atoms with Gasteiger partial charge >= 0.3 is 0 Å². The van der Waals surface area contributed by atoms with Crippen LogP contribution in [0.25, 0.3) is 27.4 Å². The van der Waals surface area contributed by atoms with Gasteiger partial charge in [-0.2, -0.15) is 0 Å². The summed E-state index contributed by atoms with van der Waals surface area (Å²) in [7, 11) is 1.93. The highest BCUT2D eigenvalue weighted by Gasteiger charge is 2.20. The fourth-order valence-corrected chi connectivity index (χ4v) is 5.35. The Hall–Kier alpha value is -3.13. The molecule has 0 spiro atoms. The van der Waals surface area contributed by atoms with Crippen LogP contribution in [0.5, 0.6) is 0 Å². The number of fused-ring (bicyclic) bond motifs is 3. The van der Waals surface area contributed by atoms with Gasteiger partial charge in [0.25, 0.3) is 0 Å². The predicted molar refractivity (Wildman–Crippen MR) is 148 cm³/mol. The zero-order chi connectivity index (χ0) is 24.4. The molecule has 3 aromatic carbocycles. The molecule has 0 saturated carbocycles. The monoisotopic (exact) mass is 450 g/mol. The minimum atomic E-state index is 0.585. The molecule has 2 heteroatoms. The Labute approximate surface area is 204 Å². The van der Waals surface area contributed by atoms with Crippen molar-refractivity contribution < 1.29 is 0 Å². The lowest BCUT2D eigenvalue weighted by Crippen LogP contribution is -2.24. The van der Waals surface area contributed by atoms with Gasteiger partial charge < -0.3 is 0 Å². The molecule has 0 saturated heterocycles. The van der Waals surface area contributed by atoms with Crippen molar-refractivity contribution in [2.75, 3.05) is 7.05 Å². The van der Waals surface area contributed by atoms with E-state index in [2.05, 4.69) is 113 Å². The van der Waals surface area contributed by atoms with E-state index in [4.69, 9.17) is 4.99 Å². The van der Waals surface area contributed by atoms with E-state index in [0.29, 0.717) is 11.8 Å². The Balaban J connectivity index is 2.18. The second kappa shape index (κ2) is 10.0. The highest BCUT2D eigenvalue weighted by atomic mass is 15.0. The van der Waals surface area contributed by atoms with Crippen LogP contribution >= 0.6 is 0 Å². The maximum atomic E-state index is 4.91. The van der Waals surface area contributed by atoms with Crippen LogP contribution in [0.3, 0.4) is 0 Å². The molecule has 0 aliphatic heterocycles. The van der Waals surface area contributed by atoms with E-state index in [0.717, 1.165) is 18.3 Å². The molecule has 0 N–H and O–H groups in total. The van der Waals surface area contributed by atoms with Crippen molar-refractivity contribution in [3.8, 4) is 0 Å². The van der Waals surface area contributed by atoms with Gasteiger partial charge in [-0.3, -0.25) is 9.56 Å². The van der Waals surface area contributed by atoms with Gasteiger partial charge in [0, 0.05) is 23.4 Å². The Morgan fingerprint density at radius 2 is 1.41 bits per heavy atom. The third-order valence-electron chi connectivity index (χ3n) is 6.62. The van der Waals surface area contributed by atoms with E-state index in [1.165, 1.54) is 49.6 Å². The maximum Gasteiger partial charge on any atom is 0.140 e. The van der Waals surface area contributed by atoms with Crippen LogP contribution in [-0.2, 0) is 12.8 Å². The first-order chi connectivity index (χ1) is 16.4. The van der Waals surface area contributed by atoms with Gasteiger partial charge in [-0.05, 0) is 66.7 Å². The molecule has 0 radical (unpaired) electrons. The smallest absolute Gasteiger partial charge is 0.140 e. The number of aromatic nitrogens is 1. The molecule has 4 aromatic rings. The summed E-state index contributed by atoms with van der Waals surface area (Å²) in [6.45, 7) is 13.6. The Morgan fingerprint density at radius 1 is 0.824 bits per heavy atom. The summed E-state index contributed by atoms with van der Waals surface area (Å²) in [5.41, 5.74) is 8.92. The van der Waals surface area contributed by atoms with Gasteiger partial charge in [-0.25, -0.2) is 0 Å². The standard InChI is InChI=1S/C32H38N2/c1-8-28(31-24(19-21(2)3)14-12-15-25(31)20-22(4)5)34-29-18-10-9-16-26(29)27-17-11-13-23(6)30(27)32(34)33-7/h8-18,21-22H,19-20H2,1-7H3/b28-8-,33-32?. The SMILES string of the molecule is C/C=C(/c1c(CC(C)C)cccc1CC(C)C)n1c(=NC)c2c(C)cccc2c2ccccc21. The van der Waals surface area contributed by atoms with E-state index in [1.807, 2.05) is 7.05 Å². The van der Waals surface area contributed by atoms with Crippen LogP contribution in [-0.4, -0.2) is 11.6 Å². The van der Waals surface area contributed by atoms with Crippen LogP contribution < -0.4 is 5.49 Å². The first kappa shape index (κ1) is 24.0. The molecule has 0 amide bonds. The van der Waals surface area contributed by atoms with Crippen LogP contribution in [0, 0.1) is 18.8 Å². The van der Waals surface area contributed by atoms with Crippen molar-refractivity contribution in [2.45, 2.75) is 54.4 Å². The van der Waals surface area contributed by atoms with Crippen molar-refractivity contribution in [3.63, 3.8) is 0 Å². The molecule has 1 aromatic heterocycles. The van der Waals surface area contributed by atoms with Gasteiger partial charge in [0.2, 0.25) is 0 Å². The number of benzene rings is 3. The first-order valence-electron chi connectivity index (χ1n) is 12.6. The highest BCUT2D eigenvalue weighted by molar-refractivity contribution is 6.07. The Kier molecular flexibility index (Phi) is 7.07. The second-order valence-electron chi connectivity index (χ2n) is 10.2. The lowest BCUT2D eigenvalue weighted by atomic mass is 9.88. The molecule has 0 aliphatic carbocycles. The number of hydrogen-bond donors (Lipinski definition) is 0. The minimum Gasteiger partial charge on any atom is -0.294 e. The maximum absolute atomic E-state index is 4.91. The fraction of sp³-hybridized carbons (Fsp3) is 0.344. The quantitative estimate of drug-likeness (QED) is 0.265. The number of allylic oxidation sites excluding steroid dienone is 1. The first-order valence-corrected chi connectivity index (χ1v) is 12.6. The normalized spacial score (nSPS) is 13.1. The van der Waals surface area contributed by atoms with E-state index < -0.39 is 0 Å². The fourth-order valence-electron chi connectivity index (χ4n) is 5.35. The molecule has 0 atom stereocenters. The summed E-state index contributed by atoms with van der Waals surface area (Å²) in [4.78, 5) is 4.91. The minimum absolute atomic E-state index is 0.585. The molecule has 2 nitrogen and oxygen atoms in total. The molecule has 0 unspecified atom stereocenters. The topological polar surface area (TPSA) is 17.3 Å². The number of pyridine rings is 1. The number of hydrogen-bond acceptors (Lipinski definition) is 1. The molecular weight excluding hydrogens is 412 g/mol. The third kappa shape index (κ3) is 4.34. The van der Waals surface area contributed by atoms with E-state index >= 15 is 0 Å². The molecular formula is C32H38N2. The lowest BCUT2D eigenvalue weighted by molar-refractivity contribution is 0.633. The van der Waals surface area contributed by atoms with Crippen molar-refractivity contribution in [1.82, 2.24) is 4.57 Å². The van der Waals surface area contributed by atoms with E-state index in [-0.39, 0.29) is 0 Å². The van der Waals surface area contributed by atoms with Crippen molar-refractivity contribution in [3.05, 3.63) is 94.5 Å². The summed E-state index contributed by atoms with van der Waals surface area (Å²) < 4.78 is 2.41. The molecule has 0 bridgehead atoms. The number of rotatable bonds is 6.